The average molecular weight is 270 g/mol. The zero-order chi connectivity index (χ0) is 14.2. The number of methoxy groups -OCH3 is 1. The summed E-state index contributed by atoms with van der Waals surface area (Å²) in [5.74, 6) is -0.336. The normalized spacial score (nSPS) is 13.4. The fraction of sp³-hybridized carbons (Fsp3) is 0.643. The molecule has 18 heavy (non-hydrogen) atoms. The maximum Gasteiger partial charge on any atom is 0.330 e. The van der Waals surface area contributed by atoms with Crippen molar-refractivity contribution in [3.05, 3.63) is 24.3 Å². The number of carbonyl (C=O) groups excluding carboxylic acids is 1. The van der Waals surface area contributed by atoms with Crippen LogP contribution in [0.4, 0.5) is 0 Å². The van der Waals surface area contributed by atoms with Gasteiger partial charge in [-0.15, -0.1) is 0 Å². The van der Waals surface area contributed by atoms with Crippen molar-refractivity contribution in [2.24, 2.45) is 0 Å². The van der Waals surface area contributed by atoms with Crippen molar-refractivity contribution < 1.29 is 14.0 Å². The monoisotopic (exact) mass is 270 g/mol. The minimum absolute atomic E-state index is 0.251. The Hall–Kier alpha value is -0.873. The molecule has 0 aliphatic heterocycles. The lowest BCUT2D eigenvalue weighted by Crippen LogP contribution is -2.40. The van der Waals surface area contributed by atoms with Gasteiger partial charge in [-0.25, -0.2) is 4.79 Å². The van der Waals surface area contributed by atoms with Crippen LogP contribution in [0.15, 0.2) is 24.3 Å². The van der Waals surface area contributed by atoms with Crippen LogP contribution in [-0.2, 0) is 14.0 Å². The van der Waals surface area contributed by atoms with Crippen molar-refractivity contribution in [1.82, 2.24) is 0 Å². The molecular formula is C14H26O3Si. The van der Waals surface area contributed by atoms with Gasteiger partial charge in [0.15, 0.2) is 8.32 Å². The zero-order valence-corrected chi connectivity index (χ0v) is 13.4. The van der Waals surface area contributed by atoms with Crippen molar-refractivity contribution in [1.29, 1.82) is 0 Å². The smallest absolute Gasteiger partial charge is 0.330 e. The van der Waals surface area contributed by atoms with Crippen LogP contribution >= 0.6 is 0 Å². The highest BCUT2D eigenvalue weighted by Gasteiger charge is 2.36. The summed E-state index contributed by atoms with van der Waals surface area (Å²) in [5.41, 5.74) is 0. The minimum Gasteiger partial charge on any atom is -0.466 e. The van der Waals surface area contributed by atoms with Gasteiger partial charge in [0.05, 0.1) is 7.11 Å². The summed E-state index contributed by atoms with van der Waals surface area (Å²) >= 11 is 0. The molecule has 0 unspecified atom stereocenters. The van der Waals surface area contributed by atoms with Crippen LogP contribution in [0.5, 0.6) is 0 Å². The highest BCUT2D eigenvalue weighted by molar-refractivity contribution is 6.74. The zero-order valence-electron chi connectivity index (χ0n) is 12.4. The van der Waals surface area contributed by atoms with Crippen LogP contribution in [0.2, 0.25) is 18.1 Å². The molecule has 0 spiro atoms. The molecule has 0 heterocycles. The van der Waals surface area contributed by atoms with Crippen molar-refractivity contribution in [2.45, 2.75) is 45.3 Å². The van der Waals surface area contributed by atoms with Crippen molar-refractivity contribution >= 4 is 14.3 Å². The van der Waals surface area contributed by atoms with Crippen LogP contribution in [0, 0.1) is 0 Å². The SMILES string of the molecule is COC(=O)/C=C/C=C/CCO[Si](C)(C)C(C)(C)C. The Morgan fingerprint density at radius 3 is 2.33 bits per heavy atom. The highest BCUT2D eigenvalue weighted by atomic mass is 28.4. The first-order valence-corrected chi connectivity index (χ1v) is 9.16. The van der Waals surface area contributed by atoms with Gasteiger partial charge in [0, 0.05) is 12.7 Å². The Balaban J connectivity index is 3.91. The van der Waals surface area contributed by atoms with Gasteiger partial charge in [0.2, 0.25) is 0 Å². The molecule has 0 aromatic rings. The van der Waals surface area contributed by atoms with E-state index in [0.29, 0.717) is 0 Å². The van der Waals surface area contributed by atoms with E-state index in [9.17, 15) is 4.79 Å². The molecule has 3 nitrogen and oxygen atoms in total. The molecule has 0 saturated heterocycles. The Labute approximate surface area is 112 Å². The van der Waals surface area contributed by atoms with Gasteiger partial charge >= 0.3 is 5.97 Å². The van der Waals surface area contributed by atoms with Gasteiger partial charge in [-0.05, 0) is 24.6 Å². The fourth-order valence-corrected chi connectivity index (χ4v) is 2.04. The van der Waals surface area contributed by atoms with E-state index in [1.807, 2.05) is 12.2 Å². The second-order valence-electron chi connectivity index (χ2n) is 5.71. The van der Waals surface area contributed by atoms with E-state index in [2.05, 4.69) is 38.6 Å². The van der Waals surface area contributed by atoms with E-state index in [1.54, 1.807) is 6.08 Å². The first-order chi connectivity index (χ1) is 8.20. The second-order valence-corrected chi connectivity index (χ2v) is 10.5. The third-order valence-corrected chi connectivity index (χ3v) is 7.77. The Morgan fingerprint density at radius 1 is 1.22 bits per heavy atom. The standard InChI is InChI=1S/C14H26O3Si/c1-14(2,3)18(5,6)17-12-10-8-7-9-11-13(15)16-4/h7-9,11H,10,12H2,1-6H3/b8-7+,11-9+. The Bertz CT molecular complexity index is 311. The maximum atomic E-state index is 10.8. The van der Waals surface area contributed by atoms with E-state index < -0.39 is 8.32 Å². The van der Waals surface area contributed by atoms with Gasteiger partial charge in [-0.2, -0.15) is 0 Å². The van der Waals surface area contributed by atoms with Crippen LogP contribution in [0.1, 0.15) is 27.2 Å². The third kappa shape index (κ3) is 6.76. The topological polar surface area (TPSA) is 35.5 Å². The summed E-state index contributed by atoms with van der Waals surface area (Å²) in [4.78, 5) is 10.8. The summed E-state index contributed by atoms with van der Waals surface area (Å²) < 4.78 is 10.5. The lowest BCUT2D eigenvalue weighted by atomic mass is 10.2. The van der Waals surface area contributed by atoms with E-state index in [-0.39, 0.29) is 11.0 Å². The van der Waals surface area contributed by atoms with Crippen molar-refractivity contribution in [2.75, 3.05) is 13.7 Å². The molecule has 0 saturated carbocycles. The number of ether oxygens (including phenoxy) is 1. The average Bonchev–Trinajstić information content (AvgIpc) is 2.25. The predicted molar refractivity (Wildman–Crippen MR) is 78.1 cm³/mol. The summed E-state index contributed by atoms with van der Waals surface area (Å²) in [7, 11) is -0.259. The quantitative estimate of drug-likeness (QED) is 0.243. The summed E-state index contributed by atoms with van der Waals surface area (Å²) in [5, 5.41) is 0.251. The van der Waals surface area contributed by atoms with Crippen molar-refractivity contribution in [3.63, 3.8) is 0 Å². The molecule has 4 heteroatoms. The van der Waals surface area contributed by atoms with Crippen LogP contribution in [0.25, 0.3) is 0 Å². The lowest BCUT2D eigenvalue weighted by molar-refractivity contribution is -0.134. The number of hydrogen-bond acceptors (Lipinski definition) is 3. The highest BCUT2D eigenvalue weighted by Crippen LogP contribution is 2.36. The molecule has 0 aliphatic rings. The Kier molecular flexibility index (Phi) is 7.17. The second kappa shape index (κ2) is 7.54. The molecule has 0 atom stereocenters. The Morgan fingerprint density at radius 2 is 1.83 bits per heavy atom. The summed E-state index contributed by atoms with van der Waals surface area (Å²) in [6.45, 7) is 11.9. The number of allylic oxidation sites excluding steroid dienone is 2. The number of carbonyl (C=O) groups is 1. The first-order valence-electron chi connectivity index (χ1n) is 6.26. The summed E-state index contributed by atoms with van der Waals surface area (Å²) in [6, 6.07) is 0. The minimum atomic E-state index is -1.62. The largest absolute Gasteiger partial charge is 0.466 e. The molecule has 0 N–H and O–H groups in total. The fourth-order valence-electron chi connectivity index (χ4n) is 0.976. The van der Waals surface area contributed by atoms with Crippen LogP contribution < -0.4 is 0 Å². The van der Waals surface area contributed by atoms with Crippen molar-refractivity contribution in [3.8, 4) is 0 Å². The molecule has 0 bridgehead atoms. The van der Waals surface area contributed by atoms with E-state index in [4.69, 9.17) is 4.43 Å². The van der Waals surface area contributed by atoms with E-state index in [1.165, 1.54) is 13.2 Å². The number of hydrogen-bond donors (Lipinski definition) is 0. The maximum absolute atomic E-state index is 10.8. The summed E-state index contributed by atoms with van der Waals surface area (Å²) in [6.07, 6.45) is 7.76. The molecule has 0 aliphatic carbocycles. The van der Waals surface area contributed by atoms with Gasteiger partial charge in [0.1, 0.15) is 0 Å². The van der Waals surface area contributed by atoms with Gasteiger partial charge in [0.25, 0.3) is 0 Å². The molecule has 0 aromatic carbocycles. The van der Waals surface area contributed by atoms with E-state index >= 15 is 0 Å². The molecule has 0 aromatic heterocycles. The molecule has 0 radical (unpaired) electrons. The van der Waals surface area contributed by atoms with Gasteiger partial charge < -0.3 is 9.16 Å². The van der Waals surface area contributed by atoms with E-state index in [0.717, 1.165) is 13.0 Å². The first kappa shape index (κ1) is 17.1. The molecule has 0 fully saturated rings. The van der Waals surface area contributed by atoms with Gasteiger partial charge in [-0.3, -0.25) is 0 Å². The van der Waals surface area contributed by atoms with Crippen LogP contribution in [-0.4, -0.2) is 28.0 Å². The van der Waals surface area contributed by atoms with Gasteiger partial charge in [-0.1, -0.05) is 39.0 Å². The third-order valence-electron chi connectivity index (χ3n) is 3.23. The number of rotatable bonds is 6. The molecule has 0 rings (SSSR count). The molecule has 0 amide bonds. The predicted octanol–water partition coefficient (Wildman–Crippen LogP) is 3.68. The number of esters is 1. The lowest BCUT2D eigenvalue weighted by Gasteiger charge is -2.36. The molecule has 104 valence electrons. The molecular weight excluding hydrogens is 244 g/mol. The van der Waals surface area contributed by atoms with Crippen LogP contribution in [0.3, 0.4) is 0 Å².